The standard InChI is InChI=1S/C15H19ClN2O2/c1-3-19-15(20-4-2)11-18-14(9-10-17)12-5-7-13(16)8-6-12/h5-9,15,18H,3-4,11H2,1-2H3/b14-9-. The molecule has 0 heterocycles. The van der Waals surface area contributed by atoms with Gasteiger partial charge in [-0.2, -0.15) is 5.26 Å². The Kier molecular flexibility index (Phi) is 7.74. The van der Waals surface area contributed by atoms with Gasteiger partial charge < -0.3 is 14.8 Å². The van der Waals surface area contributed by atoms with Gasteiger partial charge in [0.05, 0.1) is 18.3 Å². The van der Waals surface area contributed by atoms with Crippen LogP contribution in [0.25, 0.3) is 5.70 Å². The van der Waals surface area contributed by atoms with Crippen molar-refractivity contribution in [2.24, 2.45) is 0 Å². The van der Waals surface area contributed by atoms with E-state index in [1.165, 1.54) is 6.08 Å². The van der Waals surface area contributed by atoms with Crippen LogP contribution in [0.1, 0.15) is 19.4 Å². The maximum absolute atomic E-state index is 8.87. The molecule has 0 saturated heterocycles. The first-order chi connectivity index (χ1) is 9.71. The third kappa shape index (κ3) is 5.62. The smallest absolute Gasteiger partial charge is 0.174 e. The predicted octanol–water partition coefficient (Wildman–Crippen LogP) is 3.19. The average molecular weight is 295 g/mol. The summed E-state index contributed by atoms with van der Waals surface area (Å²) in [6, 6.07) is 9.31. The van der Waals surface area contributed by atoms with Gasteiger partial charge in [-0.1, -0.05) is 23.7 Å². The van der Waals surface area contributed by atoms with E-state index in [4.69, 9.17) is 26.3 Å². The van der Waals surface area contributed by atoms with E-state index in [0.717, 1.165) is 5.56 Å². The number of halogens is 1. The molecule has 108 valence electrons. The lowest BCUT2D eigenvalue weighted by Gasteiger charge is -2.19. The molecule has 20 heavy (non-hydrogen) atoms. The SMILES string of the molecule is CCOC(CN/C(=C\C#N)c1ccc(Cl)cc1)OCC. The molecule has 5 heteroatoms. The molecule has 4 nitrogen and oxygen atoms in total. The largest absolute Gasteiger partial charge is 0.379 e. The van der Waals surface area contributed by atoms with E-state index in [9.17, 15) is 0 Å². The molecule has 0 aromatic heterocycles. The fourth-order valence-corrected chi connectivity index (χ4v) is 1.79. The van der Waals surface area contributed by atoms with E-state index < -0.39 is 0 Å². The summed E-state index contributed by atoms with van der Waals surface area (Å²) in [7, 11) is 0. The van der Waals surface area contributed by atoms with Gasteiger partial charge in [0, 0.05) is 24.3 Å². The van der Waals surface area contributed by atoms with Gasteiger partial charge in [0.15, 0.2) is 6.29 Å². The van der Waals surface area contributed by atoms with Crippen LogP contribution in [0.2, 0.25) is 5.02 Å². The summed E-state index contributed by atoms with van der Waals surface area (Å²) in [6.07, 6.45) is 1.12. The number of nitrogens with zero attached hydrogens (tertiary/aromatic N) is 1. The van der Waals surface area contributed by atoms with Gasteiger partial charge in [-0.25, -0.2) is 0 Å². The molecule has 0 aliphatic carbocycles. The van der Waals surface area contributed by atoms with Gasteiger partial charge in [-0.15, -0.1) is 0 Å². The zero-order chi connectivity index (χ0) is 14.8. The minimum Gasteiger partial charge on any atom is -0.379 e. The van der Waals surface area contributed by atoms with Crippen LogP contribution in [-0.2, 0) is 9.47 Å². The summed E-state index contributed by atoms with van der Waals surface area (Å²) in [5.74, 6) is 0. The number of rotatable bonds is 8. The van der Waals surface area contributed by atoms with Crippen molar-refractivity contribution >= 4 is 17.3 Å². The minimum atomic E-state index is -0.334. The van der Waals surface area contributed by atoms with Crippen LogP contribution in [0.5, 0.6) is 0 Å². The van der Waals surface area contributed by atoms with Crippen LogP contribution in [0.15, 0.2) is 30.3 Å². The van der Waals surface area contributed by atoms with E-state index >= 15 is 0 Å². The van der Waals surface area contributed by atoms with Gasteiger partial charge >= 0.3 is 0 Å². The van der Waals surface area contributed by atoms with Crippen molar-refractivity contribution in [3.05, 3.63) is 40.9 Å². The zero-order valence-corrected chi connectivity index (χ0v) is 12.5. The lowest BCUT2D eigenvalue weighted by atomic mass is 10.1. The first kappa shape index (κ1) is 16.5. The number of ether oxygens (including phenoxy) is 2. The molecule has 1 aromatic rings. The van der Waals surface area contributed by atoms with Gasteiger partial charge in [-0.3, -0.25) is 0 Å². The van der Waals surface area contributed by atoms with Crippen molar-refractivity contribution in [1.29, 1.82) is 5.26 Å². The second-order valence-electron chi connectivity index (χ2n) is 3.92. The van der Waals surface area contributed by atoms with E-state index in [1.807, 2.05) is 32.0 Å². The summed E-state index contributed by atoms with van der Waals surface area (Å²) < 4.78 is 10.9. The van der Waals surface area contributed by atoms with Crippen LogP contribution in [0.3, 0.4) is 0 Å². The number of nitrogens with one attached hydrogen (secondary N) is 1. The van der Waals surface area contributed by atoms with Crippen molar-refractivity contribution < 1.29 is 9.47 Å². The highest BCUT2D eigenvalue weighted by atomic mass is 35.5. The molecule has 1 N–H and O–H groups in total. The molecule has 1 aromatic carbocycles. The zero-order valence-electron chi connectivity index (χ0n) is 11.7. The quantitative estimate of drug-likeness (QED) is 0.591. The fourth-order valence-electron chi connectivity index (χ4n) is 1.66. The van der Waals surface area contributed by atoms with Gasteiger partial charge in [0.2, 0.25) is 0 Å². The Bertz CT molecular complexity index is 460. The van der Waals surface area contributed by atoms with Gasteiger partial charge in [0.1, 0.15) is 0 Å². The Hall–Kier alpha value is -1.54. The Morgan fingerprint density at radius 1 is 1.30 bits per heavy atom. The second-order valence-corrected chi connectivity index (χ2v) is 4.35. The van der Waals surface area contributed by atoms with E-state index in [1.54, 1.807) is 12.1 Å². The number of benzene rings is 1. The van der Waals surface area contributed by atoms with Crippen molar-refractivity contribution in [2.45, 2.75) is 20.1 Å². The summed E-state index contributed by atoms with van der Waals surface area (Å²) in [4.78, 5) is 0. The molecule has 0 radical (unpaired) electrons. The van der Waals surface area contributed by atoms with Gasteiger partial charge in [-0.05, 0) is 31.5 Å². The number of hydrogen-bond donors (Lipinski definition) is 1. The summed E-state index contributed by atoms with van der Waals surface area (Å²) >= 11 is 5.86. The van der Waals surface area contributed by atoms with Crippen LogP contribution in [0.4, 0.5) is 0 Å². The summed E-state index contributed by atoms with van der Waals surface area (Å²) in [5.41, 5.74) is 1.61. The summed E-state index contributed by atoms with van der Waals surface area (Å²) in [5, 5.41) is 12.7. The topological polar surface area (TPSA) is 54.3 Å². The molecule has 0 atom stereocenters. The Balaban J connectivity index is 2.71. The van der Waals surface area contributed by atoms with E-state index in [2.05, 4.69) is 5.32 Å². The molecular formula is C15H19ClN2O2. The predicted molar refractivity (Wildman–Crippen MR) is 80.1 cm³/mol. The van der Waals surface area contributed by atoms with Crippen LogP contribution in [0, 0.1) is 11.3 Å². The van der Waals surface area contributed by atoms with E-state index in [0.29, 0.717) is 30.5 Å². The maximum Gasteiger partial charge on any atom is 0.174 e. The highest BCUT2D eigenvalue weighted by Gasteiger charge is 2.09. The maximum atomic E-state index is 8.87. The molecule has 0 fully saturated rings. The first-order valence-electron chi connectivity index (χ1n) is 6.54. The highest BCUT2D eigenvalue weighted by molar-refractivity contribution is 6.30. The average Bonchev–Trinajstić information content (AvgIpc) is 2.45. The molecule has 0 saturated carbocycles. The Morgan fingerprint density at radius 2 is 1.90 bits per heavy atom. The minimum absolute atomic E-state index is 0.334. The molecule has 0 unspecified atom stereocenters. The number of hydrogen-bond acceptors (Lipinski definition) is 4. The van der Waals surface area contributed by atoms with Gasteiger partial charge in [0.25, 0.3) is 0 Å². The van der Waals surface area contributed by atoms with Crippen molar-refractivity contribution in [3.63, 3.8) is 0 Å². The van der Waals surface area contributed by atoms with Crippen LogP contribution >= 0.6 is 11.6 Å². The van der Waals surface area contributed by atoms with Crippen molar-refractivity contribution in [1.82, 2.24) is 5.32 Å². The monoisotopic (exact) mass is 294 g/mol. The molecule has 0 aliphatic rings. The van der Waals surface area contributed by atoms with Crippen molar-refractivity contribution in [2.75, 3.05) is 19.8 Å². The molecular weight excluding hydrogens is 276 g/mol. The second kappa shape index (κ2) is 9.38. The van der Waals surface area contributed by atoms with Crippen molar-refractivity contribution in [3.8, 4) is 6.07 Å². The molecule has 0 spiro atoms. The molecule has 0 bridgehead atoms. The summed E-state index contributed by atoms with van der Waals surface area (Å²) in [6.45, 7) is 5.45. The number of allylic oxidation sites excluding steroid dienone is 1. The molecule has 0 aliphatic heterocycles. The normalized spacial score (nSPS) is 11.4. The Morgan fingerprint density at radius 3 is 2.40 bits per heavy atom. The van der Waals surface area contributed by atoms with Crippen LogP contribution < -0.4 is 5.32 Å². The highest BCUT2D eigenvalue weighted by Crippen LogP contribution is 2.15. The van der Waals surface area contributed by atoms with Crippen LogP contribution in [-0.4, -0.2) is 26.0 Å². The van der Waals surface area contributed by atoms with E-state index in [-0.39, 0.29) is 6.29 Å². The lowest BCUT2D eigenvalue weighted by molar-refractivity contribution is -0.131. The number of nitriles is 1. The lowest BCUT2D eigenvalue weighted by Crippen LogP contribution is -2.30. The third-order valence-electron chi connectivity index (χ3n) is 2.53. The Labute approximate surface area is 124 Å². The third-order valence-corrected chi connectivity index (χ3v) is 2.78. The molecule has 0 amide bonds. The fraction of sp³-hybridized carbons (Fsp3) is 0.400. The first-order valence-corrected chi connectivity index (χ1v) is 6.91. The molecule has 1 rings (SSSR count).